The van der Waals surface area contributed by atoms with Crippen LogP contribution in [0.1, 0.15) is 61.0 Å². The van der Waals surface area contributed by atoms with Gasteiger partial charge in [-0.25, -0.2) is 0 Å². The first-order chi connectivity index (χ1) is 13.8. The molecule has 0 aliphatic carbocycles. The third-order valence-electron chi connectivity index (χ3n) is 6.21. The SMILES string of the molecule is Cc1cc(C)cc(C(=O)N2CCC(N(CCCN3CCCC3)C(=O)C(C)C)C2)c1. The van der Waals surface area contributed by atoms with E-state index >= 15 is 0 Å². The van der Waals surface area contributed by atoms with Gasteiger partial charge in [0.25, 0.3) is 5.91 Å². The summed E-state index contributed by atoms with van der Waals surface area (Å²) < 4.78 is 0. The Morgan fingerprint density at radius 3 is 2.34 bits per heavy atom. The van der Waals surface area contributed by atoms with Gasteiger partial charge in [0.1, 0.15) is 0 Å². The first-order valence-electron chi connectivity index (χ1n) is 11.3. The zero-order valence-corrected chi connectivity index (χ0v) is 18.6. The third kappa shape index (κ3) is 5.59. The summed E-state index contributed by atoms with van der Waals surface area (Å²) in [4.78, 5) is 32.4. The summed E-state index contributed by atoms with van der Waals surface area (Å²) in [5, 5.41) is 0. The summed E-state index contributed by atoms with van der Waals surface area (Å²) in [5.41, 5.74) is 2.99. The average Bonchev–Trinajstić information content (AvgIpc) is 3.35. The molecule has 2 saturated heterocycles. The number of carbonyl (C=O) groups excluding carboxylic acids is 2. The van der Waals surface area contributed by atoms with Crippen molar-refractivity contribution >= 4 is 11.8 Å². The fourth-order valence-corrected chi connectivity index (χ4v) is 4.74. The van der Waals surface area contributed by atoms with Crippen LogP contribution in [-0.4, -0.2) is 71.8 Å². The van der Waals surface area contributed by atoms with E-state index in [4.69, 9.17) is 0 Å². The van der Waals surface area contributed by atoms with E-state index in [1.807, 2.05) is 44.7 Å². The molecule has 2 aliphatic rings. The Morgan fingerprint density at radius 2 is 1.72 bits per heavy atom. The van der Waals surface area contributed by atoms with Gasteiger partial charge in [-0.3, -0.25) is 9.59 Å². The van der Waals surface area contributed by atoms with Crippen molar-refractivity contribution in [1.29, 1.82) is 0 Å². The molecule has 0 saturated carbocycles. The molecular weight excluding hydrogens is 362 g/mol. The largest absolute Gasteiger partial charge is 0.338 e. The van der Waals surface area contributed by atoms with E-state index in [1.165, 1.54) is 25.9 Å². The Balaban J connectivity index is 1.62. The van der Waals surface area contributed by atoms with Gasteiger partial charge in [-0.15, -0.1) is 0 Å². The number of benzene rings is 1. The molecule has 1 aromatic carbocycles. The predicted octanol–water partition coefficient (Wildman–Crippen LogP) is 3.49. The molecule has 0 aromatic heterocycles. The Hall–Kier alpha value is -1.88. The standard InChI is InChI=1S/C24H37N3O2/c1-18(2)23(28)27(12-7-11-25-9-5-6-10-25)22-8-13-26(17-22)24(29)21-15-19(3)14-20(4)16-21/h14-16,18,22H,5-13,17H2,1-4H3. The monoisotopic (exact) mass is 399 g/mol. The highest BCUT2D eigenvalue weighted by atomic mass is 16.2. The molecule has 0 N–H and O–H groups in total. The molecule has 2 amide bonds. The quantitative estimate of drug-likeness (QED) is 0.705. The first kappa shape index (κ1) is 21.8. The fraction of sp³-hybridized carbons (Fsp3) is 0.667. The van der Waals surface area contributed by atoms with Crippen LogP contribution in [0.15, 0.2) is 18.2 Å². The second-order valence-electron chi connectivity index (χ2n) is 9.16. The van der Waals surface area contributed by atoms with Gasteiger partial charge in [0.15, 0.2) is 0 Å². The van der Waals surface area contributed by atoms with Gasteiger partial charge in [-0.1, -0.05) is 31.0 Å². The lowest BCUT2D eigenvalue weighted by atomic mass is 10.1. The van der Waals surface area contributed by atoms with Crippen molar-refractivity contribution in [3.63, 3.8) is 0 Å². The maximum atomic E-state index is 13.0. The number of carbonyl (C=O) groups is 2. The molecule has 5 heteroatoms. The lowest BCUT2D eigenvalue weighted by molar-refractivity contribution is -0.136. The zero-order valence-electron chi connectivity index (χ0n) is 18.6. The zero-order chi connectivity index (χ0) is 21.0. The molecule has 3 rings (SSSR count). The Morgan fingerprint density at radius 1 is 1.07 bits per heavy atom. The molecule has 1 atom stereocenters. The molecule has 2 aliphatic heterocycles. The Labute approximate surface area is 176 Å². The molecule has 0 spiro atoms. The van der Waals surface area contributed by atoms with Crippen molar-refractivity contribution < 1.29 is 9.59 Å². The van der Waals surface area contributed by atoms with Gasteiger partial charge in [-0.05, 0) is 71.3 Å². The summed E-state index contributed by atoms with van der Waals surface area (Å²) in [5.74, 6) is 0.302. The van der Waals surface area contributed by atoms with Crippen LogP contribution in [0, 0.1) is 19.8 Å². The van der Waals surface area contributed by atoms with Crippen molar-refractivity contribution in [1.82, 2.24) is 14.7 Å². The maximum absolute atomic E-state index is 13.0. The lowest BCUT2D eigenvalue weighted by Crippen LogP contribution is -2.45. The number of hydrogen-bond acceptors (Lipinski definition) is 3. The molecule has 5 nitrogen and oxygen atoms in total. The number of amides is 2. The van der Waals surface area contributed by atoms with Gasteiger partial charge in [0.05, 0.1) is 6.04 Å². The summed E-state index contributed by atoms with van der Waals surface area (Å²) in [6.45, 7) is 13.6. The summed E-state index contributed by atoms with van der Waals surface area (Å²) in [7, 11) is 0. The van der Waals surface area contributed by atoms with E-state index < -0.39 is 0 Å². The van der Waals surface area contributed by atoms with Crippen molar-refractivity contribution in [3.8, 4) is 0 Å². The van der Waals surface area contributed by atoms with E-state index in [-0.39, 0.29) is 23.8 Å². The van der Waals surface area contributed by atoms with Crippen LogP contribution in [0.5, 0.6) is 0 Å². The molecule has 160 valence electrons. The minimum Gasteiger partial charge on any atom is -0.338 e. The van der Waals surface area contributed by atoms with Gasteiger partial charge >= 0.3 is 0 Å². The molecule has 1 unspecified atom stereocenters. The minimum absolute atomic E-state index is 0.00837. The maximum Gasteiger partial charge on any atom is 0.253 e. The first-order valence-corrected chi connectivity index (χ1v) is 11.3. The van der Waals surface area contributed by atoms with E-state index in [1.54, 1.807) is 0 Å². The topological polar surface area (TPSA) is 43.9 Å². The minimum atomic E-state index is -0.00837. The molecular formula is C24H37N3O2. The highest BCUT2D eigenvalue weighted by molar-refractivity contribution is 5.95. The molecule has 2 fully saturated rings. The van der Waals surface area contributed by atoms with Crippen LogP contribution in [0.2, 0.25) is 0 Å². The fourth-order valence-electron chi connectivity index (χ4n) is 4.74. The molecule has 0 bridgehead atoms. The molecule has 2 heterocycles. The number of aryl methyl sites for hydroxylation is 2. The van der Waals surface area contributed by atoms with Crippen molar-refractivity contribution in [2.75, 3.05) is 39.3 Å². The number of rotatable bonds is 7. The summed E-state index contributed by atoms with van der Waals surface area (Å²) in [6.07, 6.45) is 4.48. The van der Waals surface area contributed by atoms with E-state index in [0.717, 1.165) is 49.2 Å². The van der Waals surface area contributed by atoms with Crippen molar-refractivity contribution in [2.24, 2.45) is 5.92 Å². The van der Waals surface area contributed by atoms with Crippen molar-refractivity contribution in [2.45, 2.75) is 59.4 Å². The second kappa shape index (κ2) is 9.75. The summed E-state index contributed by atoms with van der Waals surface area (Å²) in [6, 6.07) is 6.16. The number of hydrogen-bond donors (Lipinski definition) is 0. The van der Waals surface area contributed by atoms with Crippen molar-refractivity contribution in [3.05, 3.63) is 34.9 Å². The molecule has 29 heavy (non-hydrogen) atoms. The van der Waals surface area contributed by atoms with Crippen LogP contribution >= 0.6 is 0 Å². The second-order valence-corrected chi connectivity index (χ2v) is 9.16. The highest BCUT2D eigenvalue weighted by Gasteiger charge is 2.34. The lowest BCUT2D eigenvalue weighted by Gasteiger charge is -2.31. The van der Waals surface area contributed by atoms with E-state index in [9.17, 15) is 9.59 Å². The van der Waals surface area contributed by atoms with Crippen LogP contribution in [-0.2, 0) is 4.79 Å². The van der Waals surface area contributed by atoms with E-state index in [0.29, 0.717) is 6.54 Å². The highest BCUT2D eigenvalue weighted by Crippen LogP contribution is 2.22. The van der Waals surface area contributed by atoms with Crippen LogP contribution in [0.4, 0.5) is 0 Å². The number of nitrogens with zero attached hydrogens (tertiary/aromatic N) is 3. The van der Waals surface area contributed by atoms with Gasteiger partial charge in [0, 0.05) is 31.1 Å². The molecule has 1 aromatic rings. The van der Waals surface area contributed by atoms with Crippen LogP contribution < -0.4 is 0 Å². The van der Waals surface area contributed by atoms with E-state index in [2.05, 4.69) is 15.9 Å². The predicted molar refractivity (Wildman–Crippen MR) is 117 cm³/mol. The van der Waals surface area contributed by atoms with Gasteiger partial charge < -0.3 is 14.7 Å². The number of likely N-dealkylation sites (tertiary alicyclic amines) is 2. The Kier molecular flexibility index (Phi) is 7.33. The normalized spacial score (nSPS) is 19.9. The van der Waals surface area contributed by atoms with Gasteiger partial charge in [-0.2, -0.15) is 0 Å². The smallest absolute Gasteiger partial charge is 0.253 e. The van der Waals surface area contributed by atoms with Crippen LogP contribution in [0.3, 0.4) is 0 Å². The Bertz CT molecular complexity index is 705. The van der Waals surface area contributed by atoms with Gasteiger partial charge in [0.2, 0.25) is 5.91 Å². The third-order valence-corrected chi connectivity index (χ3v) is 6.21. The average molecular weight is 400 g/mol. The summed E-state index contributed by atoms with van der Waals surface area (Å²) >= 11 is 0. The molecule has 0 radical (unpaired) electrons. The van der Waals surface area contributed by atoms with Crippen LogP contribution in [0.25, 0.3) is 0 Å².